The van der Waals surface area contributed by atoms with Crippen LogP contribution in [0.25, 0.3) is 0 Å². The van der Waals surface area contributed by atoms with Crippen LogP contribution >= 0.6 is 12.4 Å². The smallest absolute Gasteiger partial charge is 0.254 e. The fourth-order valence-electron chi connectivity index (χ4n) is 2.24. The van der Waals surface area contributed by atoms with E-state index >= 15 is 0 Å². The van der Waals surface area contributed by atoms with E-state index in [9.17, 15) is 18.0 Å². The lowest BCUT2D eigenvalue weighted by molar-refractivity contribution is 0.0702. The van der Waals surface area contributed by atoms with Crippen LogP contribution in [0.2, 0.25) is 0 Å². The fourth-order valence-corrected chi connectivity index (χ4v) is 2.24. The van der Waals surface area contributed by atoms with E-state index in [1.807, 2.05) is 0 Å². The molecule has 0 aliphatic carbocycles. The van der Waals surface area contributed by atoms with Gasteiger partial charge in [0, 0.05) is 18.7 Å². The van der Waals surface area contributed by atoms with Gasteiger partial charge in [-0.2, -0.15) is 0 Å². The van der Waals surface area contributed by atoms with Crippen LogP contribution in [0.1, 0.15) is 23.2 Å². The number of nitrogens with one attached hydrogen (secondary N) is 1. The van der Waals surface area contributed by atoms with Crippen LogP contribution in [-0.2, 0) is 0 Å². The van der Waals surface area contributed by atoms with Gasteiger partial charge in [-0.05, 0) is 38.1 Å². The number of benzene rings is 1. The summed E-state index contributed by atoms with van der Waals surface area (Å²) < 4.78 is 39.1. The van der Waals surface area contributed by atoms with Crippen LogP contribution < -0.4 is 5.32 Å². The molecule has 1 aliphatic rings. The Morgan fingerprint density at radius 2 is 1.70 bits per heavy atom. The quantitative estimate of drug-likeness (QED) is 0.851. The van der Waals surface area contributed by atoms with E-state index in [0.717, 1.165) is 38.1 Å². The largest absolute Gasteiger partial charge is 0.339 e. The number of carbonyl (C=O) groups excluding carboxylic acids is 1. The lowest BCUT2D eigenvalue weighted by atomic mass is 10.0. The molecule has 20 heavy (non-hydrogen) atoms. The van der Waals surface area contributed by atoms with Crippen molar-refractivity contribution in [2.75, 3.05) is 20.1 Å². The molecule has 1 saturated heterocycles. The molecule has 0 bridgehead atoms. The Balaban J connectivity index is 0.00000200. The highest BCUT2D eigenvalue weighted by atomic mass is 35.5. The molecule has 0 radical (unpaired) electrons. The Kier molecular flexibility index (Phi) is 5.83. The molecule has 1 N–H and O–H groups in total. The minimum absolute atomic E-state index is 0. The van der Waals surface area contributed by atoms with Crippen LogP contribution in [-0.4, -0.2) is 37.0 Å². The molecule has 1 fully saturated rings. The van der Waals surface area contributed by atoms with Crippen molar-refractivity contribution in [2.24, 2.45) is 0 Å². The van der Waals surface area contributed by atoms with E-state index in [-0.39, 0.29) is 24.0 Å². The first-order chi connectivity index (χ1) is 9.00. The summed E-state index contributed by atoms with van der Waals surface area (Å²) in [6, 6.07) is 1.50. The van der Waals surface area contributed by atoms with Crippen molar-refractivity contribution in [1.82, 2.24) is 10.2 Å². The van der Waals surface area contributed by atoms with Gasteiger partial charge in [0.2, 0.25) is 0 Å². The van der Waals surface area contributed by atoms with Gasteiger partial charge in [0.25, 0.3) is 5.91 Å². The van der Waals surface area contributed by atoms with Crippen LogP contribution in [0.3, 0.4) is 0 Å². The molecule has 2 rings (SSSR count). The summed E-state index contributed by atoms with van der Waals surface area (Å²) in [5, 5.41) is 3.17. The highest BCUT2D eigenvalue weighted by Crippen LogP contribution is 2.18. The predicted octanol–water partition coefficient (Wildman–Crippen LogP) is 2.35. The Hall–Kier alpha value is -1.27. The molecular formula is C13H16ClF3N2O. The molecule has 112 valence electrons. The van der Waals surface area contributed by atoms with Crippen LogP contribution in [0, 0.1) is 17.5 Å². The van der Waals surface area contributed by atoms with Crippen LogP contribution in [0.15, 0.2) is 12.1 Å². The summed E-state index contributed by atoms with van der Waals surface area (Å²) in [6.45, 7) is 1.60. The maximum atomic E-state index is 13.1. The van der Waals surface area contributed by atoms with Gasteiger partial charge in [-0.15, -0.1) is 12.4 Å². The summed E-state index contributed by atoms with van der Waals surface area (Å²) in [4.78, 5) is 13.6. The third-order valence-electron chi connectivity index (χ3n) is 3.41. The average molecular weight is 309 g/mol. The number of hydrogen-bond acceptors (Lipinski definition) is 2. The number of piperidine rings is 1. The number of halogens is 4. The topological polar surface area (TPSA) is 32.3 Å². The Bertz CT molecular complexity index is 469. The lowest BCUT2D eigenvalue weighted by Crippen LogP contribution is -2.44. The van der Waals surface area contributed by atoms with Gasteiger partial charge in [0.05, 0.1) is 0 Å². The zero-order valence-electron chi connectivity index (χ0n) is 11.0. The SMILES string of the molecule is CN(C(=O)c1cc(F)c(F)c(F)c1)C1CCNCC1.Cl. The third-order valence-corrected chi connectivity index (χ3v) is 3.41. The second-order valence-electron chi connectivity index (χ2n) is 4.65. The maximum absolute atomic E-state index is 13.1. The molecule has 3 nitrogen and oxygen atoms in total. The first kappa shape index (κ1) is 16.8. The van der Waals surface area contributed by atoms with Crippen molar-refractivity contribution < 1.29 is 18.0 Å². The Morgan fingerprint density at radius 3 is 2.20 bits per heavy atom. The molecule has 1 aromatic rings. The molecule has 1 aliphatic heterocycles. The van der Waals surface area contributed by atoms with Crippen molar-refractivity contribution in [3.05, 3.63) is 35.1 Å². The second kappa shape index (κ2) is 6.95. The predicted molar refractivity (Wildman–Crippen MR) is 71.5 cm³/mol. The summed E-state index contributed by atoms with van der Waals surface area (Å²) in [7, 11) is 1.59. The van der Waals surface area contributed by atoms with Crippen molar-refractivity contribution in [1.29, 1.82) is 0 Å². The highest BCUT2D eigenvalue weighted by molar-refractivity contribution is 5.94. The molecule has 0 aromatic heterocycles. The van der Waals surface area contributed by atoms with Crippen LogP contribution in [0.5, 0.6) is 0 Å². The second-order valence-corrected chi connectivity index (χ2v) is 4.65. The van der Waals surface area contributed by atoms with Gasteiger partial charge in [0.1, 0.15) is 0 Å². The number of rotatable bonds is 2. The van der Waals surface area contributed by atoms with Gasteiger partial charge >= 0.3 is 0 Å². The number of nitrogens with zero attached hydrogens (tertiary/aromatic N) is 1. The number of carbonyl (C=O) groups is 1. The standard InChI is InChI=1S/C13H15F3N2O.ClH/c1-18(9-2-4-17-5-3-9)13(19)8-6-10(14)12(16)11(15)7-8;/h6-7,9,17H,2-5H2,1H3;1H. The van der Waals surface area contributed by atoms with E-state index in [1.165, 1.54) is 4.90 Å². The number of amides is 1. The van der Waals surface area contributed by atoms with Crippen molar-refractivity contribution in [3.63, 3.8) is 0 Å². The summed E-state index contributed by atoms with van der Waals surface area (Å²) in [6.07, 6.45) is 1.57. The van der Waals surface area contributed by atoms with Gasteiger partial charge in [-0.25, -0.2) is 13.2 Å². The van der Waals surface area contributed by atoms with Crippen LogP contribution in [0.4, 0.5) is 13.2 Å². The first-order valence-electron chi connectivity index (χ1n) is 6.13. The molecule has 0 spiro atoms. The maximum Gasteiger partial charge on any atom is 0.254 e. The summed E-state index contributed by atoms with van der Waals surface area (Å²) in [5.41, 5.74) is -0.169. The molecule has 7 heteroatoms. The van der Waals surface area contributed by atoms with E-state index in [4.69, 9.17) is 0 Å². The molecule has 1 aromatic carbocycles. The third kappa shape index (κ3) is 3.43. The minimum atomic E-state index is -1.55. The van der Waals surface area contributed by atoms with E-state index < -0.39 is 23.4 Å². The lowest BCUT2D eigenvalue weighted by Gasteiger charge is -2.31. The normalized spacial score (nSPS) is 15.6. The van der Waals surface area contributed by atoms with Gasteiger partial charge in [0.15, 0.2) is 17.5 Å². The van der Waals surface area contributed by atoms with Gasteiger partial charge in [-0.3, -0.25) is 4.79 Å². The van der Waals surface area contributed by atoms with Gasteiger partial charge in [-0.1, -0.05) is 0 Å². The van der Waals surface area contributed by atoms with E-state index in [0.29, 0.717) is 0 Å². The fraction of sp³-hybridized carbons (Fsp3) is 0.462. The zero-order chi connectivity index (χ0) is 14.0. The van der Waals surface area contributed by atoms with Gasteiger partial charge < -0.3 is 10.2 Å². The van der Waals surface area contributed by atoms with Crippen molar-refractivity contribution in [3.8, 4) is 0 Å². The Morgan fingerprint density at radius 1 is 1.20 bits per heavy atom. The summed E-state index contributed by atoms with van der Waals surface area (Å²) >= 11 is 0. The van der Waals surface area contributed by atoms with Crippen molar-refractivity contribution in [2.45, 2.75) is 18.9 Å². The number of hydrogen-bond donors (Lipinski definition) is 1. The molecule has 0 unspecified atom stereocenters. The van der Waals surface area contributed by atoms with E-state index in [2.05, 4.69) is 5.32 Å². The minimum Gasteiger partial charge on any atom is -0.339 e. The molecule has 0 atom stereocenters. The highest BCUT2D eigenvalue weighted by Gasteiger charge is 2.24. The molecule has 0 saturated carbocycles. The first-order valence-corrected chi connectivity index (χ1v) is 6.13. The zero-order valence-corrected chi connectivity index (χ0v) is 11.8. The molecular weight excluding hydrogens is 293 g/mol. The molecule has 1 amide bonds. The Labute approximate surface area is 121 Å². The van der Waals surface area contributed by atoms with Crippen molar-refractivity contribution >= 4 is 18.3 Å². The molecule has 1 heterocycles. The average Bonchev–Trinajstić information content (AvgIpc) is 2.43. The monoisotopic (exact) mass is 308 g/mol. The van der Waals surface area contributed by atoms with E-state index in [1.54, 1.807) is 7.05 Å². The summed E-state index contributed by atoms with van der Waals surface area (Å²) in [5.74, 6) is -4.74.